The molecule has 6 rings (SSSR count). The first-order chi connectivity index (χ1) is 31.7. The molecule has 8 heteroatoms. The molecule has 2 aliphatic rings. The lowest BCUT2D eigenvalue weighted by Crippen LogP contribution is -2.34. The third-order valence-electron chi connectivity index (χ3n) is 13.7. The van der Waals surface area contributed by atoms with Gasteiger partial charge in [-0.1, -0.05) is 126 Å². The van der Waals surface area contributed by atoms with Crippen molar-refractivity contribution in [3.05, 3.63) is 93.7 Å². The van der Waals surface area contributed by atoms with E-state index in [1.807, 2.05) is 9.80 Å². The molecule has 65 heavy (non-hydrogen) atoms. The molecule has 4 atom stereocenters. The molecular weight excluding hydrogens is 841 g/mol. The van der Waals surface area contributed by atoms with Crippen molar-refractivity contribution < 1.29 is 19.1 Å². The minimum absolute atomic E-state index is 0.0430. The molecule has 4 unspecified atom stereocenters. The second kappa shape index (κ2) is 25.1. The van der Waals surface area contributed by atoms with Crippen LogP contribution in [0.3, 0.4) is 0 Å². The zero-order chi connectivity index (χ0) is 46.3. The first-order valence-corrected chi connectivity index (χ1v) is 27.1. The zero-order valence-corrected chi connectivity index (χ0v) is 42.6. The summed E-state index contributed by atoms with van der Waals surface area (Å²) in [6, 6.07) is 25.4. The lowest BCUT2D eigenvalue weighted by Gasteiger charge is -2.28. The second-order valence-corrected chi connectivity index (χ2v) is 20.9. The molecule has 2 aromatic carbocycles. The van der Waals surface area contributed by atoms with Gasteiger partial charge in [-0.2, -0.15) is 0 Å². The van der Waals surface area contributed by atoms with Crippen LogP contribution in [0.25, 0.3) is 32.3 Å². The first-order valence-electron chi connectivity index (χ1n) is 25.5. The predicted octanol–water partition coefficient (Wildman–Crippen LogP) is 16.2. The Morgan fingerprint density at radius 2 is 0.831 bits per heavy atom. The summed E-state index contributed by atoms with van der Waals surface area (Å²) in [5, 5.41) is 0. The fraction of sp³-hybridized carbons (Fsp3) is 0.544. The Hall–Kier alpha value is -4.14. The summed E-state index contributed by atoms with van der Waals surface area (Å²) < 4.78 is 12.5. The Balaban J connectivity index is 1.36. The van der Waals surface area contributed by atoms with E-state index in [4.69, 9.17) is 9.47 Å². The van der Waals surface area contributed by atoms with Gasteiger partial charge in [0.15, 0.2) is 0 Å². The van der Waals surface area contributed by atoms with Gasteiger partial charge in [-0.05, 0) is 133 Å². The summed E-state index contributed by atoms with van der Waals surface area (Å²) >= 11 is 3.34. The molecule has 0 fully saturated rings. The van der Waals surface area contributed by atoms with Crippen molar-refractivity contribution in [1.29, 1.82) is 0 Å². The molecule has 0 radical (unpaired) electrons. The first kappa shape index (κ1) is 50.3. The van der Waals surface area contributed by atoms with E-state index in [-0.39, 0.29) is 17.7 Å². The number of nitrogens with zero attached hydrogens (tertiary/aromatic N) is 2. The van der Waals surface area contributed by atoms with E-state index in [9.17, 15) is 0 Å². The molecule has 4 heterocycles. The largest absolute Gasteiger partial charge is 0.493 e. The number of ether oxygens (including phenoxy) is 2. The van der Waals surface area contributed by atoms with E-state index in [1.54, 1.807) is 22.7 Å². The molecule has 0 aliphatic carbocycles. The van der Waals surface area contributed by atoms with Gasteiger partial charge in [0.2, 0.25) is 0 Å². The van der Waals surface area contributed by atoms with Crippen LogP contribution in [0.15, 0.2) is 83.9 Å². The summed E-state index contributed by atoms with van der Waals surface area (Å²) in [6.07, 6.45) is 17.0. The number of fused-ring (bicyclic) bond motifs is 1. The number of amides is 2. The number of hydrogen-bond acceptors (Lipinski definition) is 6. The van der Waals surface area contributed by atoms with Crippen molar-refractivity contribution in [2.24, 2.45) is 23.7 Å². The third kappa shape index (κ3) is 12.7. The molecule has 0 saturated heterocycles. The van der Waals surface area contributed by atoms with Gasteiger partial charge in [0, 0.05) is 22.8 Å². The highest BCUT2D eigenvalue weighted by Gasteiger charge is 2.50. The molecular formula is C57H78N2O4S2. The zero-order valence-electron chi connectivity index (χ0n) is 41.0. The second-order valence-electron chi connectivity index (χ2n) is 18.8. The Bertz CT molecular complexity index is 2180. The van der Waals surface area contributed by atoms with Crippen LogP contribution in [-0.2, 0) is 9.59 Å². The number of unbranched alkanes of at least 4 members (excludes halogenated alkanes) is 4. The number of thiophene rings is 2. The molecule has 0 N–H and O–H groups in total. The quantitative estimate of drug-likeness (QED) is 0.0544. The van der Waals surface area contributed by atoms with E-state index in [1.165, 1.54) is 38.5 Å². The Morgan fingerprint density at radius 3 is 1.23 bits per heavy atom. The van der Waals surface area contributed by atoms with Crippen molar-refractivity contribution in [2.45, 2.75) is 152 Å². The Labute approximate surface area is 400 Å². The standard InChI is InChI=1S/C57H78N2O4S2/c1-9-16-20-40(8)36-58-54(50-34-32-48(64-50)44-24-28-46(29-25-44)62-38-42(14-6)22-18-11-3)52-53(56(58)60)55(59(57(52)61)37-41(13-5)21-17-10-2)51-35-33-49(65-51)45-26-30-47(31-27-45)63-39-43(15-7)23-19-12-4/h24-35,40-43H,9-23,36-39H2,1-8H3. The lowest BCUT2D eigenvalue weighted by atomic mass is 9.98. The fourth-order valence-corrected chi connectivity index (χ4v) is 11.4. The van der Waals surface area contributed by atoms with E-state index in [0.717, 1.165) is 125 Å². The van der Waals surface area contributed by atoms with Crippen LogP contribution in [0.1, 0.15) is 161 Å². The Kier molecular flexibility index (Phi) is 19.4. The van der Waals surface area contributed by atoms with Gasteiger partial charge < -0.3 is 19.3 Å². The average Bonchev–Trinajstić information content (AvgIpc) is 4.13. The summed E-state index contributed by atoms with van der Waals surface area (Å²) in [4.78, 5) is 38.6. The summed E-state index contributed by atoms with van der Waals surface area (Å²) in [7, 11) is 0. The number of carbonyl (C=O) groups is 2. The van der Waals surface area contributed by atoms with Gasteiger partial charge >= 0.3 is 0 Å². The van der Waals surface area contributed by atoms with E-state index in [2.05, 4.69) is 128 Å². The maximum Gasteiger partial charge on any atom is 0.261 e. The highest BCUT2D eigenvalue weighted by atomic mass is 32.1. The molecule has 0 saturated carbocycles. The molecule has 0 bridgehead atoms. The van der Waals surface area contributed by atoms with Crippen molar-refractivity contribution in [3.63, 3.8) is 0 Å². The summed E-state index contributed by atoms with van der Waals surface area (Å²) in [5.74, 6) is 3.46. The summed E-state index contributed by atoms with van der Waals surface area (Å²) in [5.41, 5.74) is 4.92. The minimum Gasteiger partial charge on any atom is -0.493 e. The topological polar surface area (TPSA) is 59.1 Å². The normalized spacial score (nSPS) is 15.9. The lowest BCUT2D eigenvalue weighted by molar-refractivity contribution is -0.124. The van der Waals surface area contributed by atoms with Gasteiger partial charge in [-0.15, -0.1) is 22.7 Å². The minimum atomic E-state index is -0.0488. The number of carbonyl (C=O) groups excluding carboxylic acids is 2. The van der Waals surface area contributed by atoms with Gasteiger partial charge in [0.1, 0.15) is 11.5 Å². The third-order valence-corrected chi connectivity index (χ3v) is 16.0. The highest BCUT2D eigenvalue weighted by molar-refractivity contribution is 7.17. The van der Waals surface area contributed by atoms with Gasteiger partial charge in [-0.3, -0.25) is 9.59 Å². The van der Waals surface area contributed by atoms with Crippen LogP contribution >= 0.6 is 22.7 Å². The fourth-order valence-electron chi connectivity index (χ4n) is 9.28. The average molecular weight is 919 g/mol. The van der Waals surface area contributed by atoms with Gasteiger partial charge in [0.05, 0.1) is 45.5 Å². The van der Waals surface area contributed by atoms with Crippen LogP contribution in [0, 0.1) is 23.7 Å². The van der Waals surface area contributed by atoms with Crippen molar-refractivity contribution in [1.82, 2.24) is 9.80 Å². The van der Waals surface area contributed by atoms with E-state index in [0.29, 0.717) is 42.0 Å². The number of rotatable bonds is 29. The molecule has 352 valence electrons. The molecule has 0 spiro atoms. The predicted molar refractivity (Wildman–Crippen MR) is 276 cm³/mol. The number of benzene rings is 2. The molecule has 2 amide bonds. The van der Waals surface area contributed by atoms with Crippen LogP contribution in [0.4, 0.5) is 0 Å². The Morgan fingerprint density at radius 1 is 0.462 bits per heavy atom. The van der Waals surface area contributed by atoms with Crippen LogP contribution in [0.2, 0.25) is 0 Å². The van der Waals surface area contributed by atoms with Crippen LogP contribution in [-0.4, -0.2) is 47.9 Å². The van der Waals surface area contributed by atoms with Crippen LogP contribution in [0.5, 0.6) is 11.5 Å². The van der Waals surface area contributed by atoms with Crippen molar-refractivity contribution in [2.75, 3.05) is 26.3 Å². The summed E-state index contributed by atoms with van der Waals surface area (Å²) in [6.45, 7) is 20.6. The van der Waals surface area contributed by atoms with E-state index >= 15 is 9.59 Å². The maximum absolute atomic E-state index is 15.3. The SMILES string of the molecule is CCCCC(C)CN1C(=O)C2=C(c3ccc(-c4ccc(OCC(CC)CCCC)cc4)s3)N(CC(CC)CCCC)C(=O)C2=C1c1ccc(-c2ccc(OCC(CC)CCCC)cc2)s1. The molecule has 2 aromatic heterocycles. The van der Waals surface area contributed by atoms with Crippen LogP contribution < -0.4 is 9.47 Å². The smallest absolute Gasteiger partial charge is 0.261 e. The van der Waals surface area contributed by atoms with E-state index < -0.39 is 0 Å². The monoisotopic (exact) mass is 919 g/mol. The van der Waals surface area contributed by atoms with Crippen molar-refractivity contribution >= 4 is 45.9 Å². The molecule has 6 nitrogen and oxygen atoms in total. The maximum atomic E-state index is 15.3. The van der Waals surface area contributed by atoms with Gasteiger partial charge in [0.25, 0.3) is 11.8 Å². The van der Waals surface area contributed by atoms with Gasteiger partial charge in [-0.25, -0.2) is 0 Å². The van der Waals surface area contributed by atoms with Crippen molar-refractivity contribution in [3.8, 4) is 32.4 Å². The molecule has 4 aromatic rings. The number of hydrogen-bond donors (Lipinski definition) is 0. The highest BCUT2D eigenvalue weighted by Crippen LogP contribution is 2.50. The molecule has 2 aliphatic heterocycles.